The second-order valence-corrected chi connectivity index (χ2v) is 4.81. The third kappa shape index (κ3) is 3.33. The van der Waals surface area contributed by atoms with Gasteiger partial charge in [0.05, 0.1) is 5.69 Å². The molecule has 0 saturated carbocycles. The summed E-state index contributed by atoms with van der Waals surface area (Å²) in [6, 6.07) is 6.90. The van der Waals surface area contributed by atoms with Gasteiger partial charge in [-0.05, 0) is 18.4 Å². The van der Waals surface area contributed by atoms with Gasteiger partial charge in [-0.15, -0.1) is 0 Å². The lowest BCUT2D eigenvalue weighted by atomic mass is 10.0. The fourth-order valence-corrected chi connectivity index (χ4v) is 2.10. The first-order valence-corrected chi connectivity index (χ1v) is 6.95. The number of carbonyl (C=O) groups excluding carboxylic acids is 1. The zero-order chi connectivity index (χ0) is 15.6. The summed E-state index contributed by atoms with van der Waals surface area (Å²) < 4.78 is 38.6. The van der Waals surface area contributed by atoms with Crippen molar-refractivity contribution < 1.29 is 18.0 Å². The molecule has 8 heteroatoms. The van der Waals surface area contributed by atoms with E-state index >= 15 is 0 Å². The van der Waals surface area contributed by atoms with E-state index in [9.17, 15) is 18.0 Å². The number of rotatable bonds is 3. The maximum Gasteiger partial charge on any atom is 0.433 e. The van der Waals surface area contributed by atoms with Crippen LogP contribution in [0.25, 0.3) is 11.3 Å². The Kier molecular flexibility index (Phi) is 4.17. The van der Waals surface area contributed by atoms with Gasteiger partial charge in [-0.3, -0.25) is 4.79 Å². The first kappa shape index (κ1) is 15.3. The summed E-state index contributed by atoms with van der Waals surface area (Å²) in [6.07, 6.45) is -3.02. The maximum atomic E-state index is 12.9. The van der Waals surface area contributed by atoms with Gasteiger partial charge in [0, 0.05) is 11.1 Å². The second kappa shape index (κ2) is 5.72. The highest BCUT2D eigenvalue weighted by Crippen LogP contribution is 2.32. The number of alkyl halides is 3. The van der Waals surface area contributed by atoms with Crippen LogP contribution in [-0.2, 0) is 6.18 Å². The molecule has 0 saturated heterocycles. The largest absolute Gasteiger partial charge is 0.433 e. The number of primary amides is 1. The van der Waals surface area contributed by atoms with E-state index in [1.165, 1.54) is 12.1 Å². The molecule has 1 aromatic carbocycles. The van der Waals surface area contributed by atoms with Crippen molar-refractivity contribution in [3.63, 3.8) is 0 Å². The Morgan fingerprint density at radius 1 is 1.24 bits per heavy atom. The first-order chi connectivity index (χ1) is 9.82. The molecule has 2 aromatic rings. The van der Waals surface area contributed by atoms with Gasteiger partial charge in [0.1, 0.15) is 5.69 Å². The van der Waals surface area contributed by atoms with Crippen LogP contribution in [0.2, 0.25) is 0 Å². The van der Waals surface area contributed by atoms with Crippen molar-refractivity contribution in [3.8, 4) is 11.3 Å². The Morgan fingerprint density at radius 2 is 1.90 bits per heavy atom. The summed E-state index contributed by atoms with van der Waals surface area (Å²) >= 11 is 0.984. The van der Waals surface area contributed by atoms with Crippen molar-refractivity contribution in [2.24, 2.45) is 5.73 Å². The number of hydrogen-bond acceptors (Lipinski definition) is 4. The molecule has 2 rings (SSSR count). The van der Waals surface area contributed by atoms with Crippen LogP contribution in [0, 0.1) is 0 Å². The molecule has 0 spiro atoms. The van der Waals surface area contributed by atoms with Gasteiger partial charge in [-0.1, -0.05) is 30.0 Å². The highest BCUT2D eigenvalue weighted by Gasteiger charge is 2.34. The molecule has 4 nitrogen and oxygen atoms in total. The molecule has 1 amide bonds. The Bertz CT molecular complexity index is 689. The predicted molar refractivity (Wildman–Crippen MR) is 72.8 cm³/mol. The van der Waals surface area contributed by atoms with Crippen LogP contribution in [0.4, 0.5) is 13.2 Å². The molecule has 0 aliphatic carbocycles. The van der Waals surface area contributed by atoms with E-state index in [0.717, 1.165) is 17.8 Å². The second-order valence-electron chi connectivity index (χ2n) is 4.03. The van der Waals surface area contributed by atoms with Gasteiger partial charge >= 0.3 is 6.18 Å². The molecule has 21 heavy (non-hydrogen) atoms. The van der Waals surface area contributed by atoms with Crippen molar-refractivity contribution in [3.05, 3.63) is 41.6 Å². The molecule has 0 fully saturated rings. The summed E-state index contributed by atoms with van der Waals surface area (Å²) in [5.41, 5.74) is 4.54. The monoisotopic (exact) mass is 313 g/mol. The third-order valence-corrected chi connectivity index (χ3v) is 3.19. The number of carbonyl (C=O) groups is 1. The summed E-state index contributed by atoms with van der Waals surface area (Å²) in [7, 11) is 0. The molecular formula is C13H10F3N3OS. The highest BCUT2D eigenvalue weighted by atomic mass is 32.2. The van der Waals surface area contributed by atoms with Crippen molar-refractivity contribution >= 4 is 17.7 Å². The van der Waals surface area contributed by atoms with E-state index in [4.69, 9.17) is 5.73 Å². The predicted octanol–water partition coefficient (Wildman–Crippen LogP) is 2.98. The number of benzene rings is 1. The van der Waals surface area contributed by atoms with Crippen molar-refractivity contribution in [2.45, 2.75) is 11.3 Å². The minimum Gasteiger partial charge on any atom is -0.366 e. The fraction of sp³-hybridized carbons (Fsp3) is 0.154. The van der Waals surface area contributed by atoms with Crippen LogP contribution in [0.1, 0.15) is 16.1 Å². The van der Waals surface area contributed by atoms with E-state index in [2.05, 4.69) is 9.97 Å². The minimum atomic E-state index is -4.59. The van der Waals surface area contributed by atoms with Crippen LogP contribution in [0.3, 0.4) is 0 Å². The standard InChI is InChI=1S/C13H10F3N3OS/c1-21-12-18-9(6-10(19-12)13(14,15)16)7-4-2-3-5-8(7)11(17)20/h2-6H,1H3,(H2,17,20). The molecule has 0 atom stereocenters. The summed E-state index contributed by atoms with van der Waals surface area (Å²) in [5.74, 6) is -0.733. The lowest BCUT2D eigenvalue weighted by Gasteiger charge is -2.11. The average Bonchev–Trinajstić information content (AvgIpc) is 2.45. The van der Waals surface area contributed by atoms with E-state index in [1.54, 1.807) is 18.4 Å². The number of hydrogen-bond donors (Lipinski definition) is 1. The molecule has 2 N–H and O–H groups in total. The van der Waals surface area contributed by atoms with Gasteiger partial charge in [-0.2, -0.15) is 13.2 Å². The first-order valence-electron chi connectivity index (χ1n) is 5.72. The van der Waals surface area contributed by atoms with Crippen molar-refractivity contribution in [1.29, 1.82) is 0 Å². The molecule has 0 aliphatic rings. The summed E-state index contributed by atoms with van der Waals surface area (Å²) in [4.78, 5) is 18.8. The van der Waals surface area contributed by atoms with E-state index in [-0.39, 0.29) is 22.0 Å². The third-order valence-electron chi connectivity index (χ3n) is 2.65. The Morgan fingerprint density at radius 3 is 2.48 bits per heavy atom. The molecule has 1 heterocycles. The quantitative estimate of drug-likeness (QED) is 0.698. The van der Waals surface area contributed by atoms with Crippen molar-refractivity contribution in [1.82, 2.24) is 9.97 Å². The topological polar surface area (TPSA) is 68.9 Å². The Hall–Kier alpha value is -2.09. The molecule has 0 aliphatic heterocycles. The van der Waals surface area contributed by atoms with Gasteiger partial charge < -0.3 is 5.73 Å². The normalized spacial score (nSPS) is 11.4. The van der Waals surface area contributed by atoms with Gasteiger partial charge in [-0.25, -0.2) is 9.97 Å². The molecule has 0 bridgehead atoms. The Balaban J connectivity index is 2.67. The van der Waals surface area contributed by atoms with E-state index in [0.29, 0.717) is 0 Å². The van der Waals surface area contributed by atoms with E-state index < -0.39 is 17.8 Å². The zero-order valence-electron chi connectivity index (χ0n) is 10.8. The number of thioether (sulfide) groups is 1. The number of nitrogens with two attached hydrogens (primary N) is 1. The maximum absolute atomic E-state index is 12.9. The van der Waals surface area contributed by atoms with E-state index in [1.807, 2.05) is 0 Å². The van der Waals surface area contributed by atoms with Crippen LogP contribution < -0.4 is 5.73 Å². The van der Waals surface area contributed by atoms with Crippen LogP contribution in [0.5, 0.6) is 0 Å². The van der Waals surface area contributed by atoms with Crippen LogP contribution in [0.15, 0.2) is 35.5 Å². The average molecular weight is 313 g/mol. The molecule has 0 unspecified atom stereocenters. The Labute approximate surface area is 122 Å². The lowest BCUT2D eigenvalue weighted by Crippen LogP contribution is -2.14. The summed E-state index contributed by atoms with van der Waals surface area (Å²) in [5, 5.41) is -0.0286. The number of amides is 1. The molecule has 110 valence electrons. The zero-order valence-corrected chi connectivity index (χ0v) is 11.6. The van der Waals surface area contributed by atoms with Crippen molar-refractivity contribution in [2.75, 3.05) is 6.26 Å². The van der Waals surface area contributed by atoms with Crippen LogP contribution >= 0.6 is 11.8 Å². The smallest absolute Gasteiger partial charge is 0.366 e. The SMILES string of the molecule is CSc1nc(-c2ccccc2C(N)=O)cc(C(F)(F)F)n1. The summed E-state index contributed by atoms with van der Waals surface area (Å²) in [6.45, 7) is 0. The van der Waals surface area contributed by atoms with Crippen LogP contribution in [-0.4, -0.2) is 22.1 Å². The van der Waals surface area contributed by atoms with Gasteiger partial charge in [0.2, 0.25) is 5.91 Å². The lowest BCUT2D eigenvalue weighted by molar-refractivity contribution is -0.141. The molecule has 1 aromatic heterocycles. The fourth-order valence-electron chi connectivity index (χ4n) is 1.72. The minimum absolute atomic E-state index is 0.0103. The number of halogens is 3. The molecular weight excluding hydrogens is 303 g/mol. The highest BCUT2D eigenvalue weighted by molar-refractivity contribution is 7.98. The van der Waals surface area contributed by atoms with Gasteiger partial charge in [0.15, 0.2) is 5.16 Å². The molecule has 0 radical (unpaired) electrons. The number of nitrogens with zero attached hydrogens (tertiary/aromatic N) is 2. The van der Waals surface area contributed by atoms with Gasteiger partial charge in [0.25, 0.3) is 0 Å². The number of aromatic nitrogens is 2.